The Kier molecular flexibility index (Phi) is 2.95. The fraction of sp³-hybridized carbons (Fsp3) is 0.231. The maximum atomic E-state index is 5.81. The third-order valence-electron chi connectivity index (χ3n) is 2.71. The Bertz CT molecular complexity index is 552. The molecule has 88 valence electrons. The van der Waals surface area contributed by atoms with Crippen LogP contribution in [-0.4, -0.2) is 9.97 Å². The zero-order chi connectivity index (χ0) is 12.4. The van der Waals surface area contributed by atoms with Gasteiger partial charge in [-0.25, -0.2) is 4.98 Å². The molecule has 4 nitrogen and oxygen atoms in total. The Balaban J connectivity index is 2.31. The molecule has 1 aromatic carbocycles. The molecule has 0 bridgehead atoms. The van der Waals surface area contributed by atoms with Gasteiger partial charge in [0.1, 0.15) is 5.75 Å². The van der Waals surface area contributed by atoms with E-state index in [1.54, 1.807) is 6.20 Å². The van der Waals surface area contributed by atoms with Crippen LogP contribution < -0.4 is 10.5 Å². The summed E-state index contributed by atoms with van der Waals surface area (Å²) in [5.74, 6) is 1.20. The van der Waals surface area contributed by atoms with Crippen LogP contribution in [0.4, 0.5) is 5.69 Å². The van der Waals surface area contributed by atoms with E-state index in [4.69, 9.17) is 10.5 Å². The minimum Gasteiger partial charge on any atom is -0.437 e. The molecule has 0 aliphatic heterocycles. The Hall–Kier alpha value is -2.10. The van der Waals surface area contributed by atoms with Gasteiger partial charge >= 0.3 is 0 Å². The number of nitrogen functional groups attached to an aromatic ring is 1. The molecule has 0 saturated heterocycles. The summed E-state index contributed by atoms with van der Waals surface area (Å²) >= 11 is 0. The summed E-state index contributed by atoms with van der Waals surface area (Å²) in [6, 6.07) is 5.56. The summed E-state index contributed by atoms with van der Waals surface area (Å²) in [4.78, 5) is 8.52. The molecule has 0 atom stereocenters. The summed E-state index contributed by atoms with van der Waals surface area (Å²) in [5, 5.41) is 0. The van der Waals surface area contributed by atoms with E-state index in [1.165, 1.54) is 0 Å². The van der Waals surface area contributed by atoms with Crippen molar-refractivity contribution in [1.29, 1.82) is 0 Å². The number of anilines is 1. The molecule has 2 aromatic rings. The minimum atomic E-state index is 0.488. The molecule has 0 aliphatic rings. The van der Waals surface area contributed by atoms with Crippen LogP contribution in [-0.2, 0) is 0 Å². The van der Waals surface area contributed by atoms with Crippen LogP contribution in [0, 0.1) is 20.8 Å². The van der Waals surface area contributed by atoms with Gasteiger partial charge in [-0.05, 0) is 32.9 Å². The Morgan fingerprint density at radius 3 is 2.59 bits per heavy atom. The standard InChI is InChI=1S/C13H15N3O/c1-8-11(14)5-4-6-12(8)17-13-7-15-9(2)10(3)16-13/h4-7H,14H2,1-3H3. The molecule has 17 heavy (non-hydrogen) atoms. The molecule has 0 aliphatic carbocycles. The Morgan fingerprint density at radius 2 is 1.88 bits per heavy atom. The van der Waals surface area contributed by atoms with E-state index in [9.17, 15) is 0 Å². The van der Waals surface area contributed by atoms with Gasteiger partial charge in [-0.2, -0.15) is 0 Å². The van der Waals surface area contributed by atoms with E-state index in [0.717, 1.165) is 17.0 Å². The van der Waals surface area contributed by atoms with E-state index in [1.807, 2.05) is 39.0 Å². The lowest BCUT2D eigenvalue weighted by atomic mass is 10.2. The first-order valence-corrected chi connectivity index (χ1v) is 5.41. The predicted molar refractivity (Wildman–Crippen MR) is 67.2 cm³/mol. The highest BCUT2D eigenvalue weighted by molar-refractivity contribution is 5.53. The van der Waals surface area contributed by atoms with Crippen LogP contribution in [0.5, 0.6) is 11.6 Å². The summed E-state index contributed by atoms with van der Waals surface area (Å²) in [7, 11) is 0. The van der Waals surface area contributed by atoms with Crippen LogP contribution >= 0.6 is 0 Å². The highest BCUT2D eigenvalue weighted by atomic mass is 16.5. The Labute approximate surface area is 100 Å². The average Bonchev–Trinajstić information content (AvgIpc) is 2.30. The number of nitrogens with two attached hydrogens (primary N) is 1. The summed E-state index contributed by atoms with van der Waals surface area (Å²) < 4.78 is 5.67. The molecule has 0 spiro atoms. The van der Waals surface area contributed by atoms with Crippen molar-refractivity contribution in [2.24, 2.45) is 0 Å². The summed E-state index contributed by atoms with van der Waals surface area (Å²) in [5.41, 5.74) is 9.20. The van der Waals surface area contributed by atoms with E-state index in [0.29, 0.717) is 17.3 Å². The molecular weight excluding hydrogens is 214 g/mol. The van der Waals surface area contributed by atoms with E-state index in [-0.39, 0.29) is 0 Å². The van der Waals surface area contributed by atoms with Gasteiger partial charge in [0.2, 0.25) is 5.88 Å². The van der Waals surface area contributed by atoms with Crippen molar-refractivity contribution in [3.63, 3.8) is 0 Å². The van der Waals surface area contributed by atoms with Gasteiger partial charge in [0, 0.05) is 11.3 Å². The molecule has 2 rings (SSSR count). The van der Waals surface area contributed by atoms with Gasteiger partial charge in [0.15, 0.2) is 0 Å². The lowest BCUT2D eigenvalue weighted by molar-refractivity contribution is 0.455. The molecule has 0 fully saturated rings. The van der Waals surface area contributed by atoms with Crippen LogP contribution in [0.25, 0.3) is 0 Å². The van der Waals surface area contributed by atoms with Crippen molar-refractivity contribution in [2.75, 3.05) is 5.73 Å². The lowest BCUT2D eigenvalue weighted by Crippen LogP contribution is -1.97. The average molecular weight is 229 g/mol. The zero-order valence-electron chi connectivity index (χ0n) is 10.2. The monoisotopic (exact) mass is 229 g/mol. The van der Waals surface area contributed by atoms with E-state index < -0.39 is 0 Å². The van der Waals surface area contributed by atoms with E-state index in [2.05, 4.69) is 9.97 Å². The molecule has 0 unspecified atom stereocenters. The number of aryl methyl sites for hydroxylation is 2. The maximum Gasteiger partial charge on any atom is 0.238 e. The van der Waals surface area contributed by atoms with E-state index >= 15 is 0 Å². The fourth-order valence-electron chi connectivity index (χ4n) is 1.42. The summed E-state index contributed by atoms with van der Waals surface area (Å²) in [6.07, 6.45) is 1.62. The highest BCUT2D eigenvalue weighted by Gasteiger charge is 2.06. The first-order valence-electron chi connectivity index (χ1n) is 5.41. The molecule has 4 heteroatoms. The van der Waals surface area contributed by atoms with Crippen LogP contribution in [0.2, 0.25) is 0 Å². The number of ether oxygens (including phenoxy) is 1. The number of rotatable bonds is 2. The van der Waals surface area contributed by atoms with Crippen molar-refractivity contribution in [3.8, 4) is 11.6 Å². The third kappa shape index (κ3) is 2.36. The molecular formula is C13H15N3O. The van der Waals surface area contributed by atoms with Gasteiger partial charge in [0.05, 0.1) is 17.6 Å². The largest absolute Gasteiger partial charge is 0.437 e. The van der Waals surface area contributed by atoms with Gasteiger partial charge in [-0.1, -0.05) is 6.07 Å². The first kappa shape index (κ1) is 11.4. The third-order valence-corrected chi connectivity index (χ3v) is 2.71. The number of aromatic nitrogens is 2. The first-order chi connectivity index (χ1) is 8.08. The number of benzene rings is 1. The quantitative estimate of drug-likeness (QED) is 0.804. The second-order valence-electron chi connectivity index (χ2n) is 3.95. The molecule has 1 heterocycles. The van der Waals surface area contributed by atoms with Crippen LogP contribution in [0.3, 0.4) is 0 Å². The van der Waals surface area contributed by atoms with Crippen molar-refractivity contribution in [3.05, 3.63) is 41.3 Å². The van der Waals surface area contributed by atoms with Crippen molar-refractivity contribution in [2.45, 2.75) is 20.8 Å². The number of hydrogen-bond acceptors (Lipinski definition) is 4. The van der Waals surface area contributed by atoms with Gasteiger partial charge in [-0.3, -0.25) is 4.98 Å². The predicted octanol–water partition coefficient (Wildman–Crippen LogP) is 2.78. The molecule has 0 saturated carbocycles. The molecule has 0 amide bonds. The minimum absolute atomic E-state index is 0.488. The van der Waals surface area contributed by atoms with Gasteiger partial charge < -0.3 is 10.5 Å². The van der Waals surface area contributed by atoms with Crippen molar-refractivity contribution in [1.82, 2.24) is 9.97 Å². The van der Waals surface area contributed by atoms with Crippen molar-refractivity contribution >= 4 is 5.69 Å². The second kappa shape index (κ2) is 4.41. The zero-order valence-corrected chi connectivity index (χ0v) is 10.2. The molecule has 2 N–H and O–H groups in total. The lowest BCUT2D eigenvalue weighted by Gasteiger charge is -2.10. The normalized spacial score (nSPS) is 10.3. The van der Waals surface area contributed by atoms with Crippen molar-refractivity contribution < 1.29 is 4.74 Å². The fourth-order valence-corrected chi connectivity index (χ4v) is 1.42. The van der Waals surface area contributed by atoms with Crippen LogP contribution in [0.15, 0.2) is 24.4 Å². The molecule has 0 radical (unpaired) electrons. The van der Waals surface area contributed by atoms with Gasteiger partial charge in [-0.15, -0.1) is 0 Å². The number of nitrogens with zero attached hydrogens (tertiary/aromatic N) is 2. The van der Waals surface area contributed by atoms with Crippen LogP contribution in [0.1, 0.15) is 17.0 Å². The maximum absolute atomic E-state index is 5.81. The second-order valence-corrected chi connectivity index (χ2v) is 3.95. The highest BCUT2D eigenvalue weighted by Crippen LogP contribution is 2.27. The summed E-state index contributed by atoms with van der Waals surface area (Å²) in [6.45, 7) is 5.73. The smallest absolute Gasteiger partial charge is 0.238 e. The Morgan fingerprint density at radius 1 is 1.12 bits per heavy atom. The molecule has 1 aromatic heterocycles. The SMILES string of the molecule is Cc1ncc(Oc2cccc(N)c2C)nc1C. The topological polar surface area (TPSA) is 61.0 Å². The van der Waals surface area contributed by atoms with Gasteiger partial charge in [0.25, 0.3) is 0 Å². The number of hydrogen-bond donors (Lipinski definition) is 1.